The van der Waals surface area contributed by atoms with Gasteiger partial charge in [-0.25, -0.2) is 4.68 Å². The smallest absolute Gasteiger partial charge is 0.295 e. The topological polar surface area (TPSA) is 99.9 Å². The lowest BCUT2D eigenvalue weighted by Crippen LogP contribution is -2.01. The number of nitrogens with zero attached hydrogens (tertiary/aromatic N) is 4. The Morgan fingerprint density at radius 1 is 1.40 bits per heavy atom. The van der Waals surface area contributed by atoms with Gasteiger partial charge in [-0.3, -0.25) is 10.1 Å². The number of nitrogens with two attached hydrogens (primary N) is 1. The molecule has 2 rings (SSSR count). The molecule has 1 aromatic carbocycles. The van der Waals surface area contributed by atoms with E-state index in [4.69, 9.17) is 5.73 Å². The third-order valence-electron chi connectivity index (χ3n) is 3.00. The lowest BCUT2D eigenvalue weighted by molar-refractivity contribution is -0.384. The highest BCUT2D eigenvalue weighted by Crippen LogP contribution is 2.23. The Hall–Kier alpha value is -2.28. The van der Waals surface area contributed by atoms with Crippen molar-refractivity contribution in [2.45, 2.75) is 26.2 Å². The first kappa shape index (κ1) is 14.1. The number of aromatic nitrogens is 3. The molecule has 0 saturated heterocycles. The number of rotatable bonds is 6. The van der Waals surface area contributed by atoms with E-state index in [0.717, 1.165) is 30.5 Å². The van der Waals surface area contributed by atoms with Crippen LogP contribution in [-0.4, -0.2) is 26.5 Å². The monoisotopic (exact) mass is 275 g/mol. The van der Waals surface area contributed by atoms with Crippen molar-refractivity contribution in [2.75, 3.05) is 6.54 Å². The molecule has 1 heterocycles. The Kier molecular flexibility index (Phi) is 4.41. The largest absolute Gasteiger partial charge is 0.330 e. The molecule has 20 heavy (non-hydrogen) atoms. The van der Waals surface area contributed by atoms with Gasteiger partial charge in [-0.05, 0) is 44.4 Å². The maximum atomic E-state index is 11.1. The van der Waals surface area contributed by atoms with Crippen LogP contribution in [-0.2, 0) is 6.42 Å². The average molecular weight is 275 g/mol. The first-order valence-electron chi connectivity index (χ1n) is 6.48. The molecular weight excluding hydrogens is 258 g/mol. The van der Waals surface area contributed by atoms with Crippen LogP contribution >= 0.6 is 0 Å². The lowest BCUT2D eigenvalue weighted by Gasteiger charge is -2.02. The van der Waals surface area contributed by atoms with Gasteiger partial charge in [0.1, 0.15) is 5.69 Å². The summed E-state index contributed by atoms with van der Waals surface area (Å²) in [7, 11) is 0. The number of nitro groups is 1. The summed E-state index contributed by atoms with van der Waals surface area (Å²) in [6.07, 6.45) is 4.37. The normalized spacial score (nSPS) is 10.7. The SMILES string of the molecule is Cc1ccc(-n2cc(CCCCN)nn2)c([N+](=O)[O-])c1. The van der Waals surface area contributed by atoms with Crippen molar-refractivity contribution in [1.29, 1.82) is 0 Å². The van der Waals surface area contributed by atoms with Crippen LogP contribution in [0.15, 0.2) is 24.4 Å². The number of benzene rings is 1. The van der Waals surface area contributed by atoms with E-state index in [1.165, 1.54) is 10.7 Å². The minimum Gasteiger partial charge on any atom is -0.330 e. The van der Waals surface area contributed by atoms with Gasteiger partial charge in [-0.1, -0.05) is 11.3 Å². The highest BCUT2D eigenvalue weighted by atomic mass is 16.6. The molecule has 1 aromatic heterocycles. The van der Waals surface area contributed by atoms with Crippen molar-refractivity contribution in [1.82, 2.24) is 15.0 Å². The number of hydrogen-bond donors (Lipinski definition) is 1. The van der Waals surface area contributed by atoms with Gasteiger partial charge in [0.25, 0.3) is 5.69 Å². The third kappa shape index (κ3) is 3.18. The number of hydrogen-bond acceptors (Lipinski definition) is 5. The number of unbranched alkanes of at least 4 members (excludes halogenated alkanes) is 1. The van der Waals surface area contributed by atoms with Crippen LogP contribution in [0.4, 0.5) is 5.69 Å². The van der Waals surface area contributed by atoms with Gasteiger partial charge in [0.15, 0.2) is 0 Å². The van der Waals surface area contributed by atoms with Crippen LogP contribution < -0.4 is 5.73 Å². The molecule has 106 valence electrons. The van der Waals surface area contributed by atoms with Crippen LogP contribution in [0.25, 0.3) is 5.69 Å². The molecule has 0 aliphatic heterocycles. The van der Waals surface area contributed by atoms with Crippen LogP contribution in [0.3, 0.4) is 0 Å². The first-order valence-corrected chi connectivity index (χ1v) is 6.48. The Morgan fingerprint density at radius 3 is 2.90 bits per heavy atom. The van der Waals surface area contributed by atoms with E-state index in [1.54, 1.807) is 12.3 Å². The fourth-order valence-corrected chi connectivity index (χ4v) is 1.95. The van der Waals surface area contributed by atoms with Crippen molar-refractivity contribution in [3.63, 3.8) is 0 Å². The Labute approximate surface area is 116 Å². The predicted octanol–water partition coefficient (Wildman–Crippen LogP) is 1.77. The number of aryl methyl sites for hydroxylation is 2. The van der Waals surface area contributed by atoms with Gasteiger partial charge in [-0.15, -0.1) is 5.10 Å². The second-order valence-corrected chi connectivity index (χ2v) is 4.65. The summed E-state index contributed by atoms with van der Waals surface area (Å²) in [4.78, 5) is 10.7. The van der Waals surface area contributed by atoms with Crippen LogP contribution in [0.1, 0.15) is 24.1 Å². The highest BCUT2D eigenvalue weighted by molar-refractivity contribution is 5.53. The zero-order valence-electron chi connectivity index (χ0n) is 11.3. The van der Waals surface area contributed by atoms with Crippen LogP contribution in [0.2, 0.25) is 0 Å². The molecule has 0 spiro atoms. The lowest BCUT2D eigenvalue weighted by atomic mass is 10.2. The summed E-state index contributed by atoms with van der Waals surface area (Å²) in [6.45, 7) is 2.47. The van der Waals surface area contributed by atoms with Crippen LogP contribution in [0.5, 0.6) is 0 Å². The zero-order valence-corrected chi connectivity index (χ0v) is 11.3. The average Bonchev–Trinajstić information content (AvgIpc) is 2.87. The molecule has 0 aliphatic rings. The quantitative estimate of drug-likeness (QED) is 0.492. The molecule has 0 amide bonds. The predicted molar refractivity (Wildman–Crippen MR) is 74.7 cm³/mol. The van der Waals surface area contributed by atoms with E-state index in [1.807, 2.05) is 13.0 Å². The summed E-state index contributed by atoms with van der Waals surface area (Å²) in [5.41, 5.74) is 7.55. The molecule has 2 N–H and O–H groups in total. The molecule has 2 aromatic rings. The minimum absolute atomic E-state index is 0.0309. The van der Waals surface area contributed by atoms with Gasteiger partial charge in [0, 0.05) is 6.07 Å². The first-order chi connectivity index (χ1) is 9.61. The Balaban J connectivity index is 2.25. The maximum Gasteiger partial charge on any atom is 0.295 e. The summed E-state index contributed by atoms with van der Waals surface area (Å²) < 4.78 is 1.45. The Morgan fingerprint density at radius 2 is 2.20 bits per heavy atom. The molecule has 7 heteroatoms. The van der Waals surface area contributed by atoms with E-state index in [-0.39, 0.29) is 5.69 Å². The summed E-state index contributed by atoms with van der Waals surface area (Å²) in [6, 6.07) is 5.04. The molecule has 0 radical (unpaired) electrons. The molecule has 0 bridgehead atoms. The van der Waals surface area contributed by atoms with Crippen molar-refractivity contribution in [3.8, 4) is 5.69 Å². The van der Waals surface area contributed by atoms with Crippen molar-refractivity contribution in [3.05, 3.63) is 45.8 Å². The summed E-state index contributed by atoms with van der Waals surface area (Å²) in [5, 5.41) is 19.1. The van der Waals surface area contributed by atoms with Crippen molar-refractivity contribution in [2.24, 2.45) is 5.73 Å². The van der Waals surface area contributed by atoms with Gasteiger partial charge >= 0.3 is 0 Å². The Bertz CT molecular complexity index is 609. The summed E-state index contributed by atoms with van der Waals surface area (Å²) in [5.74, 6) is 0. The second kappa shape index (κ2) is 6.25. The van der Waals surface area contributed by atoms with Crippen LogP contribution in [0, 0.1) is 17.0 Å². The van der Waals surface area contributed by atoms with Crippen molar-refractivity contribution >= 4 is 5.69 Å². The fraction of sp³-hybridized carbons (Fsp3) is 0.385. The van der Waals surface area contributed by atoms with E-state index in [0.29, 0.717) is 12.2 Å². The molecule has 0 unspecified atom stereocenters. The van der Waals surface area contributed by atoms with Gasteiger partial charge in [0.2, 0.25) is 0 Å². The summed E-state index contributed by atoms with van der Waals surface area (Å²) >= 11 is 0. The zero-order chi connectivity index (χ0) is 14.5. The maximum absolute atomic E-state index is 11.1. The fourth-order valence-electron chi connectivity index (χ4n) is 1.95. The molecule has 7 nitrogen and oxygen atoms in total. The standard InChI is InChI=1S/C13H17N5O2/c1-10-5-6-12(13(8-10)18(19)20)17-9-11(15-16-17)4-2-3-7-14/h5-6,8-9H,2-4,7,14H2,1H3. The van der Waals surface area contributed by atoms with Gasteiger partial charge in [-0.2, -0.15) is 0 Å². The molecule has 0 atom stereocenters. The molecular formula is C13H17N5O2. The molecule has 0 fully saturated rings. The minimum atomic E-state index is -0.405. The van der Waals surface area contributed by atoms with Gasteiger partial charge in [0.05, 0.1) is 16.8 Å². The molecule has 0 saturated carbocycles. The van der Waals surface area contributed by atoms with E-state index < -0.39 is 4.92 Å². The highest BCUT2D eigenvalue weighted by Gasteiger charge is 2.16. The van der Waals surface area contributed by atoms with E-state index in [2.05, 4.69) is 10.3 Å². The second-order valence-electron chi connectivity index (χ2n) is 4.65. The van der Waals surface area contributed by atoms with Gasteiger partial charge < -0.3 is 5.73 Å². The van der Waals surface area contributed by atoms with E-state index >= 15 is 0 Å². The van der Waals surface area contributed by atoms with E-state index in [9.17, 15) is 10.1 Å². The number of nitro benzene ring substituents is 1. The third-order valence-corrected chi connectivity index (χ3v) is 3.00. The molecule has 0 aliphatic carbocycles. The van der Waals surface area contributed by atoms with Crippen molar-refractivity contribution < 1.29 is 4.92 Å².